The van der Waals surface area contributed by atoms with Gasteiger partial charge in [-0.3, -0.25) is 4.79 Å². The van der Waals surface area contributed by atoms with E-state index in [4.69, 9.17) is 14.2 Å². The molecule has 0 aliphatic carbocycles. The molecule has 2 aromatic rings. The van der Waals surface area contributed by atoms with Gasteiger partial charge in [-0.25, -0.2) is 0 Å². The van der Waals surface area contributed by atoms with E-state index in [1.807, 2.05) is 26.0 Å². The molecule has 0 spiro atoms. The number of nitrogens with zero attached hydrogens (tertiary/aromatic N) is 1. The number of aromatic hydroxyl groups is 1. The van der Waals surface area contributed by atoms with Crippen LogP contribution in [-0.2, 0) is 16.0 Å². The van der Waals surface area contributed by atoms with Gasteiger partial charge in [-0.1, -0.05) is 24.3 Å². The van der Waals surface area contributed by atoms with Gasteiger partial charge in [0, 0.05) is 31.4 Å². The van der Waals surface area contributed by atoms with Crippen LogP contribution in [0.4, 0.5) is 0 Å². The van der Waals surface area contributed by atoms with Gasteiger partial charge in [0.2, 0.25) is 0 Å². The van der Waals surface area contributed by atoms with E-state index in [0.717, 1.165) is 31.5 Å². The lowest BCUT2D eigenvalue weighted by atomic mass is 10.0. The van der Waals surface area contributed by atoms with Crippen molar-refractivity contribution in [3.05, 3.63) is 59.2 Å². The van der Waals surface area contributed by atoms with Crippen LogP contribution < -0.4 is 4.74 Å². The van der Waals surface area contributed by atoms with Crippen LogP contribution in [0.15, 0.2) is 42.5 Å². The molecule has 0 aliphatic heterocycles. The highest BCUT2D eigenvalue weighted by Crippen LogP contribution is 2.25. The van der Waals surface area contributed by atoms with E-state index in [0.29, 0.717) is 24.5 Å². The molecule has 164 valence electrons. The lowest BCUT2D eigenvalue weighted by Gasteiger charge is -2.20. The highest BCUT2D eigenvalue weighted by Gasteiger charge is 2.14. The molecule has 6 nitrogen and oxygen atoms in total. The van der Waals surface area contributed by atoms with Gasteiger partial charge in [0.05, 0.1) is 12.7 Å². The summed E-state index contributed by atoms with van der Waals surface area (Å²) in [6, 6.07) is 12.2. The summed E-state index contributed by atoms with van der Waals surface area (Å²) in [6.07, 6.45) is 1.72. The fraction of sp³-hybridized carbons (Fsp3) is 0.458. The Kier molecular flexibility index (Phi) is 9.80. The van der Waals surface area contributed by atoms with Gasteiger partial charge >= 0.3 is 0 Å². The van der Waals surface area contributed by atoms with Crippen molar-refractivity contribution in [2.24, 2.45) is 0 Å². The molecular weight excluding hydrogens is 382 g/mol. The van der Waals surface area contributed by atoms with Crippen molar-refractivity contribution in [3.63, 3.8) is 0 Å². The Morgan fingerprint density at radius 2 is 1.73 bits per heavy atom. The van der Waals surface area contributed by atoms with Crippen LogP contribution in [0.5, 0.6) is 11.5 Å². The minimum atomic E-state index is -0.215. The second kappa shape index (κ2) is 12.3. The van der Waals surface area contributed by atoms with E-state index in [9.17, 15) is 9.90 Å². The molecule has 2 aromatic carbocycles. The minimum Gasteiger partial charge on any atom is -0.507 e. The van der Waals surface area contributed by atoms with Crippen molar-refractivity contribution >= 4 is 5.78 Å². The third-order valence-electron chi connectivity index (χ3n) is 4.80. The minimum absolute atomic E-state index is 0.0828. The highest BCUT2D eigenvalue weighted by atomic mass is 16.7. The molecule has 0 fully saturated rings. The van der Waals surface area contributed by atoms with Crippen LogP contribution >= 0.6 is 0 Å². The fourth-order valence-electron chi connectivity index (χ4n) is 3.25. The molecule has 1 N–H and O–H groups in total. The third kappa shape index (κ3) is 7.13. The largest absolute Gasteiger partial charge is 0.507 e. The maximum atomic E-state index is 12.7. The molecule has 0 radical (unpaired) electrons. The summed E-state index contributed by atoms with van der Waals surface area (Å²) in [5.74, 6) is 0.213. The number of hydrogen-bond donors (Lipinski definition) is 1. The Hall–Kier alpha value is -2.41. The molecule has 0 atom stereocenters. The van der Waals surface area contributed by atoms with E-state index in [-0.39, 0.29) is 23.4 Å². The number of carbonyl (C=O) groups is 1. The van der Waals surface area contributed by atoms with Crippen LogP contribution in [0.25, 0.3) is 0 Å². The van der Waals surface area contributed by atoms with Gasteiger partial charge in [0.15, 0.2) is 12.1 Å². The molecule has 0 bridgehead atoms. The molecule has 2 rings (SSSR count). The Morgan fingerprint density at radius 1 is 1.07 bits per heavy atom. The first-order chi connectivity index (χ1) is 14.5. The van der Waals surface area contributed by atoms with Crippen molar-refractivity contribution in [1.82, 2.24) is 4.90 Å². The Balaban J connectivity index is 1.88. The molecule has 0 saturated carbocycles. The van der Waals surface area contributed by atoms with Gasteiger partial charge < -0.3 is 24.2 Å². The van der Waals surface area contributed by atoms with Crippen molar-refractivity contribution in [1.29, 1.82) is 0 Å². The first kappa shape index (κ1) is 23.9. The smallest absolute Gasteiger partial charge is 0.196 e. The SMILES string of the molecule is CCOC(CCCN(C)Cc1ccc(C(=O)c2ccc(OC)cc2O)cc1)OCC. The van der Waals surface area contributed by atoms with E-state index in [1.54, 1.807) is 24.3 Å². The average molecular weight is 416 g/mol. The molecular formula is C24H33NO5. The van der Waals surface area contributed by atoms with E-state index < -0.39 is 0 Å². The zero-order chi connectivity index (χ0) is 21.9. The summed E-state index contributed by atoms with van der Waals surface area (Å²) in [5, 5.41) is 10.1. The second-order valence-corrected chi connectivity index (χ2v) is 7.13. The fourth-order valence-corrected chi connectivity index (χ4v) is 3.25. The maximum absolute atomic E-state index is 12.7. The Labute approximate surface area is 179 Å². The lowest BCUT2D eigenvalue weighted by Crippen LogP contribution is -2.23. The zero-order valence-electron chi connectivity index (χ0n) is 18.4. The van der Waals surface area contributed by atoms with Crippen LogP contribution in [0.3, 0.4) is 0 Å². The number of benzene rings is 2. The van der Waals surface area contributed by atoms with Crippen LogP contribution in [0.2, 0.25) is 0 Å². The van der Waals surface area contributed by atoms with Crippen LogP contribution in [0, 0.1) is 0 Å². The highest BCUT2D eigenvalue weighted by molar-refractivity contribution is 6.10. The van der Waals surface area contributed by atoms with Crippen LogP contribution in [0.1, 0.15) is 48.2 Å². The molecule has 0 heterocycles. The van der Waals surface area contributed by atoms with Gasteiger partial charge in [0.25, 0.3) is 0 Å². The number of phenols is 1. The zero-order valence-corrected chi connectivity index (χ0v) is 18.4. The normalized spacial score (nSPS) is 11.3. The van der Waals surface area contributed by atoms with Crippen molar-refractivity contribution in [3.8, 4) is 11.5 Å². The van der Waals surface area contributed by atoms with Gasteiger partial charge in [-0.2, -0.15) is 0 Å². The molecule has 0 unspecified atom stereocenters. The summed E-state index contributed by atoms with van der Waals surface area (Å²) < 4.78 is 16.2. The van der Waals surface area contributed by atoms with Gasteiger partial charge in [0.1, 0.15) is 11.5 Å². The van der Waals surface area contributed by atoms with Crippen molar-refractivity contribution in [2.75, 3.05) is 33.9 Å². The summed E-state index contributed by atoms with van der Waals surface area (Å²) in [7, 11) is 3.59. The standard InChI is InChI=1S/C24H33NO5/c1-5-29-23(30-6-2)8-7-15-25(3)17-18-9-11-19(12-10-18)24(27)21-14-13-20(28-4)16-22(21)26/h9-14,16,23,26H,5-8,15,17H2,1-4H3. The monoisotopic (exact) mass is 415 g/mol. The topological polar surface area (TPSA) is 68.2 Å². The third-order valence-corrected chi connectivity index (χ3v) is 4.80. The number of methoxy groups -OCH3 is 1. The molecule has 0 aromatic heterocycles. The van der Waals surface area contributed by atoms with E-state index in [2.05, 4.69) is 11.9 Å². The summed E-state index contributed by atoms with van der Waals surface area (Å²) in [4.78, 5) is 14.9. The molecule has 6 heteroatoms. The molecule has 0 aliphatic rings. The predicted octanol–water partition coefficient (Wildman–Crippen LogP) is 4.24. The summed E-state index contributed by atoms with van der Waals surface area (Å²) in [6.45, 7) is 6.97. The van der Waals surface area contributed by atoms with Gasteiger partial charge in [-0.05, 0) is 58.0 Å². The number of rotatable bonds is 13. The number of ketones is 1. The number of carbonyl (C=O) groups excluding carboxylic acids is 1. The Morgan fingerprint density at radius 3 is 2.30 bits per heavy atom. The van der Waals surface area contributed by atoms with E-state index >= 15 is 0 Å². The molecule has 0 saturated heterocycles. The summed E-state index contributed by atoms with van der Waals surface area (Å²) in [5.41, 5.74) is 1.93. The lowest BCUT2D eigenvalue weighted by molar-refractivity contribution is -0.140. The average Bonchev–Trinajstić information content (AvgIpc) is 2.74. The van der Waals surface area contributed by atoms with Crippen molar-refractivity contribution in [2.45, 2.75) is 39.5 Å². The predicted molar refractivity (Wildman–Crippen MR) is 117 cm³/mol. The quantitative estimate of drug-likeness (QED) is 0.390. The Bertz CT molecular complexity index is 785. The van der Waals surface area contributed by atoms with E-state index in [1.165, 1.54) is 13.2 Å². The van der Waals surface area contributed by atoms with Gasteiger partial charge in [-0.15, -0.1) is 0 Å². The number of phenolic OH excluding ortho intramolecular Hbond substituents is 1. The number of ether oxygens (including phenoxy) is 3. The first-order valence-electron chi connectivity index (χ1n) is 10.4. The first-order valence-corrected chi connectivity index (χ1v) is 10.4. The number of hydrogen-bond acceptors (Lipinski definition) is 6. The van der Waals surface area contributed by atoms with Crippen LogP contribution in [-0.4, -0.2) is 56.0 Å². The second-order valence-electron chi connectivity index (χ2n) is 7.13. The van der Waals surface area contributed by atoms with Crippen molar-refractivity contribution < 1.29 is 24.1 Å². The molecule has 0 amide bonds. The summed E-state index contributed by atoms with van der Waals surface area (Å²) >= 11 is 0. The molecule has 30 heavy (non-hydrogen) atoms. The maximum Gasteiger partial charge on any atom is 0.196 e.